The van der Waals surface area contributed by atoms with Crippen molar-refractivity contribution >= 4 is 0 Å². The smallest absolute Gasteiger partial charge is 0.0465 e. The Morgan fingerprint density at radius 3 is 2.64 bits per heavy atom. The standard InChI is InChI=1S/C10H20O/c1-3-5-6-7-8-9-10-11-4-2/h3,5H,4,6-10H2,1-2H3/b5-3+. The summed E-state index contributed by atoms with van der Waals surface area (Å²) in [5.74, 6) is 0. The van der Waals surface area contributed by atoms with Crippen LogP contribution in [0, 0.1) is 0 Å². The third-order valence-corrected chi connectivity index (χ3v) is 1.60. The fourth-order valence-electron chi connectivity index (χ4n) is 0.954. The maximum Gasteiger partial charge on any atom is 0.0465 e. The molecule has 0 aromatic carbocycles. The topological polar surface area (TPSA) is 9.23 Å². The number of hydrogen-bond donors (Lipinski definition) is 0. The molecule has 0 unspecified atom stereocenters. The number of ether oxygens (including phenoxy) is 1. The van der Waals surface area contributed by atoms with Gasteiger partial charge in [0, 0.05) is 13.2 Å². The SMILES string of the molecule is C/C=C/CCCCCOCC. The first kappa shape index (κ1) is 10.7. The van der Waals surface area contributed by atoms with E-state index in [0.717, 1.165) is 13.2 Å². The lowest BCUT2D eigenvalue weighted by atomic mass is 10.2. The second kappa shape index (κ2) is 9.70. The molecule has 0 fully saturated rings. The van der Waals surface area contributed by atoms with E-state index in [1.54, 1.807) is 0 Å². The quantitative estimate of drug-likeness (QED) is 0.406. The van der Waals surface area contributed by atoms with Crippen LogP contribution in [-0.4, -0.2) is 13.2 Å². The summed E-state index contributed by atoms with van der Waals surface area (Å²) in [4.78, 5) is 0. The minimum atomic E-state index is 0.856. The summed E-state index contributed by atoms with van der Waals surface area (Å²) < 4.78 is 5.22. The van der Waals surface area contributed by atoms with E-state index >= 15 is 0 Å². The Bertz CT molecular complexity index is 86.9. The molecule has 0 atom stereocenters. The summed E-state index contributed by atoms with van der Waals surface area (Å²) >= 11 is 0. The van der Waals surface area contributed by atoms with Gasteiger partial charge in [-0.15, -0.1) is 0 Å². The fraction of sp³-hybridized carbons (Fsp3) is 0.800. The van der Waals surface area contributed by atoms with Crippen LogP contribution in [-0.2, 0) is 4.74 Å². The van der Waals surface area contributed by atoms with Crippen molar-refractivity contribution in [2.24, 2.45) is 0 Å². The lowest BCUT2D eigenvalue weighted by Crippen LogP contribution is -1.92. The first-order chi connectivity index (χ1) is 5.41. The van der Waals surface area contributed by atoms with Gasteiger partial charge in [0.1, 0.15) is 0 Å². The Balaban J connectivity index is 2.79. The van der Waals surface area contributed by atoms with Gasteiger partial charge in [-0.3, -0.25) is 0 Å². The second-order valence-corrected chi connectivity index (χ2v) is 2.62. The lowest BCUT2D eigenvalue weighted by molar-refractivity contribution is 0.143. The zero-order chi connectivity index (χ0) is 8.36. The van der Waals surface area contributed by atoms with Crippen LogP contribution in [0.3, 0.4) is 0 Å². The average molecular weight is 156 g/mol. The van der Waals surface area contributed by atoms with Gasteiger partial charge in [-0.25, -0.2) is 0 Å². The van der Waals surface area contributed by atoms with Gasteiger partial charge in [0.2, 0.25) is 0 Å². The van der Waals surface area contributed by atoms with Crippen molar-refractivity contribution in [2.45, 2.75) is 39.5 Å². The monoisotopic (exact) mass is 156 g/mol. The molecule has 0 saturated heterocycles. The molecule has 11 heavy (non-hydrogen) atoms. The van der Waals surface area contributed by atoms with Gasteiger partial charge in [-0.2, -0.15) is 0 Å². The molecule has 0 radical (unpaired) electrons. The van der Waals surface area contributed by atoms with E-state index < -0.39 is 0 Å². The van der Waals surface area contributed by atoms with E-state index in [1.165, 1.54) is 25.7 Å². The van der Waals surface area contributed by atoms with Crippen molar-refractivity contribution in [1.29, 1.82) is 0 Å². The molecule has 0 saturated carbocycles. The first-order valence-corrected chi connectivity index (χ1v) is 4.60. The normalized spacial score (nSPS) is 11.1. The predicted molar refractivity (Wildman–Crippen MR) is 49.8 cm³/mol. The van der Waals surface area contributed by atoms with E-state index in [2.05, 4.69) is 19.1 Å². The molecule has 0 aliphatic carbocycles. The highest BCUT2D eigenvalue weighted by Gasteiger charge is 1.86. The molecular formula is C10H20O. The molecule has 66 valence electrons. The highest BCUT2D eigenvalue weighted by atomic mass is 16.5. The van der Waals surface area contributed by atoms with E-state index in [9.17, 15) is 0 Å². The van der Waals surface area contributed by atoms with Crippen LogP contribution in [0.15, 0.2) is 12.2 Å². The van der Waals surface area contributed by atoms with Gasteiger partial charge in [0.15, 0.2) is 0 Å². The molecule has 0 aromatic heterocycles. The van der Waals surface area contributed by atoms with Gasteiger partial charge in [-0.05, 0) is 33.1 Å². The molecule has 0 bridgehead atoms. The third kappa shape index (κ3) is 9.70. The Labute approximate surface area is 70.4 Å². The van der Waals surface area contributed by atoms with Crippen LogP contribution in [0.5, 0.6) is 0 Å². The molecule has 0 spiro atoms. The van der Waals surface area contributed by atoms with Crippen molar-refractivity contribution in [2.75, 3.05) is 13.2 Å². The Kier molecular flexibility index (Phi) is 9.44. The van der Waals surface area contributed by atoms with E-state index in [1.807, 2.05) is 6.92 Å². The molecule has 0 aromatic rings. The summed E-state index contributed by atoms with van der Waals surface area (Å²) in [6, 6.07) is 0. The van der Waals surface area contributed by atoms with Crippen molar-refractivity contribution in [3.63, 3.8) is 0 Å². The molecule has 0 heterocycles. The number of hydrogen-bond acceptors (Lipinski definition) is 1. The maximum atomic E-state index is 5.22. The van der Waals surface area contributed by atoms with Crippen molar-refractivity contribution in [3.8, 4) is 0 Å². The zero-order valence-electron chi connectivity index (χ0n) is 7.81. The molecule has 1 heteroatoms. The molecule has 0 N–H and O–H groups in total. The van der Waals surface area contributed by atoms with Gasteiger partial charge < -0.3 is 4.74 Å². The van der Waals surface area contributed by atoms with Crippen LogP contribution in [0.1, 0.15) is 39.5 Å². The van der Waals surface area contributed by atoms with Crippen LogP contribution in [0.4, 0.5) is 0 Å². The Hall–Kier alpha value is -0.300. The highest BCUT2D eigenvalue weighted by Crippen LogP contribution is 2.00. The average Bonchev–Trinajstić information content (AvgIpc) is 2.03. The minimum Gasteiger partial charge on any atom is -0.382 e. The highest BCUT2D eigenvalue weighted by molar-refractivity contribution is 4.76. The number of unbranched alkanes of at least 4 members (excludes halogenated alkanes) is 3. The summed E-state index contributed by atoms with van der Waals surface area (Å²) in [5.41, 5.74) is 0. The van der Waals surface area contributed by atoms with Crippen molar-refractivity contribution in [1.82, 2.24) is 0 Å². The van der Waals surface area contributed by atoms with Gasteiger partial charge in [0.25, 0.3) is 0 Å². The summed E-state index contributed by atoms with van der Waals surface area (Å²) in [7, 11) is 0. The third-order valence-electron chi connectivity index (χ3n) is 1.60. The van der Waals surface area contributed by atoms with Crippen molar-refractivity contribution in [3.05, 3.63) is 12.2 Å². The number of rotatable bonds is 7. The van der Waals surface area contributed by atoms with E-state index in [4.69, 9.17) is 4.74 Å². The lowest BCUT2D eigenvalue weighted by Gasteiger charge is -1.98. The summed E-state index contributed by atoms with van der Waals surface area (Å²) in [6.45, 7) is 5.90. The summed E-state index contributed by atoms with van der Waals surface area (Å²) in [6.07, 6.45) is 9.37. The fourth-order valence-corrected chi connectivity index (χ4v) is 0.954. The van der Waals surface area contributed by atoms with Crippen molar-refractivity contribution < 1.29 is 4.74 Å². The second-order valence-electron chi connectivity index (χ2n) is 2.62. The Morgan fingerprint density at radius 1 is 1.18 bits per heavy atom. The van der Waals surface area contributed by atoms with Crippen LogP contribution < -0.4 is 0 Å². The van der Waals surface area contributed by atoms with Gasteiger partial charge in [0.05, 0.1) is 0 Å². The van der Waals surface area contributed by atoms with Crippen LogP contribution >= 0.6 is 0 Å². The van der Waals surface area contributed by atoms with E-state index in [-0.39, 0.29) is 0 Å². The van der Waals surface area contributed by atoms with Gasteiger partial charge >= 0.3 is 0 Å². The minimum absolute atomic E-state index is 0.856. The molecule has 0 aliphatic heterocycles. The van der Waals surface area contributed by atoms with Crippen LogP contribution in [0.25, 0.3) is 0 Å². The molecule has 0 rings (SSSR count). The maximum absolute atomic E-state index is 5.22. The molecule has 1 nitrogen and oxygen atoms in total. The number of allylic oxidation sites excluding steroid dienone is 2. The van der Waals surface area contributed by atoms with E-state index in [0.29, 0.717) is 0 Å². The van der Waals surface area contributed by atoms with Crippen LogP contribution in [0.2, 0.25) is 0 Å². The first-order valence-electron chi connectivity index (χ1n) is 4.60. The Morgan fingerprint density at radius 2 is 2.00 bits per heavy atom. The zero-order valence-corrected chi connectivity index (χ0v) is 7.81. The molecule has 0 amide bonds. The molecule has 0 aliphatic rings. The molecular weight excluding hydrogens is 136 g/mol. The van der Waals surface area contributed by atoms with Gasteiger partial charge in [-0.1, -0.05) is 18.6 Å². The largest absolute Gasteiger partial charge is 0.382 e. The predicted octanol–water partition coefficient (Wildman–Crippen LogP) is 3.16. The summed E-state index contributed by atoms with van der Waals surface area (Å²) in [5, 5.41) is 0.